The highest BCUT2D eigenvalue weighted by Crippen LogP contribution is 1.85. The van der Waals surface area contributed by atoms with Crippen molar-refractivity contribution >= 4 is 14.6 Å². The molecular weight excluding hydrogens is 135 g/mol. The van der Waals surface area contributed by atoms with Gasteiger partial charge in [-0.2, -0.15) is 0 Å². The molecule has 1 nitrogen and oxygen atoms in total. The number of hydrogen-bond donors (Lipinski definition) is 1. The van der Waals surface area contributed by atoms with Gasteiger partial charge in [0, 0.05) is 0 Å². The number of benzene rings is 1. The molecule has 0 aromatic heterocycles. The van der Waals surface area contributed by atoms with E-state index in [0.717, 1.165) is 0 Å². The van der Waals surface area contributed by atoms with E-state index in [4.69, 9.17) is 4.80 Å². The Morgan fingerprint density at radius 3 is 2.11 bits per heavy atom. The third kappa shape index (κ3) is 1.62. The molecule has 0 amide bonds. The molecule has 1 rings (SSSR count). The van der Waals surface area contributed by atoms with Crippen LogP contribution in [0.1, 0.15) is 0 Å². The van der Waals surface area contributed by atoms with Crippen LogP contribution in [0.4, 0.5) is 4.11 Å². The topological polar surface area (TPSA) is 20.2 Å². The van der Waals surface area contributed by atoms with Crippen LogP contribution in [0.2, 0.25) is 0 Å². The summed E-state index contributed by atoms with van der Waals surface area (Å²) in [6, 6.07) is 8.41. The Morgan fingerprint density at radius 2 is 1.78 bits per heavy atom. The zero-order valence-corrected chi connectivity index (χ0v) is 5.94. The summed E-state index contributed by atoms with van der Waals surface area (Å²) in [6.45, 7) is 0. The van der Waals surface area contributed by atoms with Gasteiger partial charge < -0.3 is 4.80 Å². The van der Waals surface area contributed by atoms with Crippen molar-refractivity contribution in [3.05, 3.63) is 30.3 Å². The van der Waals surface area contributed by atoms with Crippen molar-refractivity contribution in [3.8, 4) is 0 Å². The largest absolute Gasteiger partial charge is 0.407 e. The average Bonchev–Trinajstić information content (AvgIpc) is 1.90. The van der Waals surface area contributed by atoms with E-state index in [1.165, 1.54) is 0 Å². The molecule has 0 aliphatic carbocycles. The molecule has 0 saturated carbocycles. The van der Waals surface area contributed by atoms with E-state index < -0.39 is 9.37 Å². The molecule has 1 aromatic carbocycles. The Labute approximate surface area is 54.7 Å². The molecule has 0 heterocycles. The zero-order valence-electron chi connectivity index (χ0n) is 4.79. The van der Waals surface area contributed by atoms with Gasteiger partial charge in [-0.25, -0.2) is 0 Å². The van der Waals surface area contributed by atoms with Gasteiger partial charge in [0.2, 0.25) is 0 Å². The Bertz CT molecular complexity index is 176. The third-order valence-electron chi connectivity index (χ3n) is 1.07. The Hall–Kier alpha value is -0.673. The maximum Gasteiger partial charge on any atom is 0.398 e. The Kier molecular flexibility index (Phi) is 1.97. The molecule has 0 bridgehead atoms. The van der Waals surface area contributed by atoms with Crippen molar-refractivity contribution in [2.24, 2.45) is 0 Å². The van der Waals surface area contributed by atoms with Crippen LogP contribution in [-0.4, -0.2) is 14.2 Å². The van der Waals surface area contributed by atoms with Gasteiger partial charge in [0.25, 0.3) is 0 Å². The number of halogens is 1. The summed E-state index contributed by atoms with van der Waals surface area (Å²) in [4.78, 5) is 8.50. The van der Waals surface area contributed by atoms with Crippen LogP contribution in [0.25, 0.3) is 0 Å². The molecule has 48 valence electrons. The summed E-state index contributed by atoms with van der Waals surface area (Å²) < 4.78 is 12.1. The highest BCUT2D eigenvalue weighted by Gasteiger charge is 2.05. The molecule has 0 radical (unpaired) electrons. The quantitative estimate of drug-likeness (QED) is 0.435. The van der Waals surface area contributed by atoms with Gasteiger partial charge in [0.15, 0.2) is 0 Å². The fraction of sp³-hybridized carbons (Fsp3) is 0. The molecule has 1 atom stereocenters. The SMILES string of the molecule is O[SiH](F)c1ccccc1. The van der Waals surface area contributed by atoms with Crippen LogP contribution in [0.5, 0.6) is 0 Å². The van der Waals surface area contributed by atoms with E-state index in [2.05, 4.69) is 0 Å². The monoisotopic (exact) mass is 142 g/mol. The van der Waals surface area contributed by atoms with Crippen molar-refractivity contribution in [3.63, 3.8) is 0 Å². The lowest BCUT2D eigenvalue weighted by molar-refractivity contribution is 0.515. The minimum atomic E-state index is -3.03. The molecule has 0 aliphatic heterocycles. The van der Waals surface area contributed by atoms with Gasteiger partial charge in [-0.05, 0) is 5.19 Å². The predicted octanol–water partition coefficient (Wildman–Crippen LogP) is 0.0759. The van der Waals surface area contributed by atoms with Crippen molar-refractivity contribution < 1.29 is 8.90 Å². The van der Waals surface area contributed by atoms with E-state index in [9.17, 15) is 4.11 Å². The molecule has 1 aromatic rings. The smallest absolute Gasteiger partial charge is 0.398 e. The van der Waals surface area contributed by atoms with Crippen LogP contribution in [0.15, 0.2) is 30.3 Å². The van der Waals surface area contributed by atoms with E-state index in [-0.39, 0.29) is 0 Å². The lowest BCUT2D eigenvalue weighted by atomic mass is 10.4. The molecule has 1 unspecified atom stereocenters. The van der Waals surface area contributed by atoms with Gasteiger partial charge in [-0.1, -0.05) is 30.3 Å². The first kappa shape index (κ1) is 6.45. The maximum atomic E-state index is 12.1. The number of hydrogen-bond acceptors (Lipinski definition) is 1. The molecule has 1 N–H and O–H groups in total. The highest BCUT2D eigenvalue weighted by atomic mass is 28.3. The molecule has 3 heteroatoms. The molecule has 0 spiro atoms. The second kappa shape index (κ2) is 2.75. The number of rotatable bonds is 1. The lowest BCUT2D eigenvalue weighted by Crippen LogP contribution is -2.24. The third-order valence-corrected chi connectivity index (χ3v) is 2.01. The normalized spacial score (nSPS) is 13.1. The Morgan fingerprint density at radius 1 is 1.22 bits per heavy atom. The van der Waals surface area contributed by atoms with Crippen LogP contribution in [0.3, 0.4) is 0 Å². The van der Waals surface area contributed by atoms with Crippen molar-refractivity contribution in [1.29, 1.82) is 0 Å². The van der Waals surface area contributed by atoms with Crippen LogP contribution in [-0.2, 0) is 0 Å². The summed E-state index contributed by atoms with van der Waals surface area (Å²) in [5.41, 5.74) is 0. The molecule has 9 heavy (non-hydrogen) atoms. The van der Waals surface area contributed by atoms with Gasteiger partial charge in [0.05, 0.1) is 0 Å². The molecular formula is C6H7FOSi. The van der Waals surface area contributed by atoms with Crippen molar-refractivity contribution in [2.45, 2.75) is 0 Å². The van der Waals surface area contributed by atoms with Crippen molar-refractivity contribution in [1.82, 2.24) is 0 Å². The predicted molar refractivity (Wildman–Crippen MR) is 36.6 cm³/mol. The summed E-state index contributed by atoms with van der Waals surface area (Å²) in [7, 11) is -3.03. The summed E-state index contributed by atoms with van der Waals surface area (Å²) in [5, 5.41) is 0.442. The minimum absolute atomic E-state index is 0.442. The molecule has 0 aliphatic rings. The molecule has 0 saturated heterocycles. The van der Waals surface area contributed by atoms with Crippen LogP contribution >= 0.6 is 0 Å². The summed E-state index contributed by atoms with van der Waals surface area (Å²) in [6.07, 6.45) is 0. The first-order valence-electron chi connectivity index (χ1n) is 2.68. The zero-order chi connectivity index (χ0) is 6.69. The van der Waals surface area contributed by atoms with E-state index in [1.807, 2.05) is 0 Å². The second-order valence-electron chi connectivity index (χ2n) is 1.75. The lowest BCUT2D eigenvalue weighted by Gasteiger charge is -1.94. The van der Waals surface area contributed by atoms with E-state index in [1.54, 1.807) is 30.3 Å². The Balaban J connectivity index is 2.85. The van der Waals surface area contributed by atoms with Crippen molar-refractivity contribution in [2.75, 3.05) is 0 Å². The standard InChI is InChI=1S/C6H7FOSi/c7-9(8)6-4-2-1-3-5-6/h1-5,8-9H. The fourth-order valence-electron chi connectivity index (χ4n) is 0.612. The van der Waals surface area contributed by atoms with Gasteiger partial charge in [-0.15, -0.1) is 0 Å². The van der Waals surface area contributed by atoms with Crippen LogP contribution < -0.4 is 5.19 Å². The average molecular weight is 142 g/mol. The summed E-state index contributed by atoms with van der Waals surface area (Å²) >= 11 is 0. The summed E-state index contributed by atoms with van der Waals surface area (Å²) in [5.74, 6) is 0. The minimum Gasteiger partial charge on any atom is -0.407 e. The van der Waals surface area contributed by atoms with Gasteiger partial charge in [0.1, 0.15) is 0 Å². The highest BCUT2D eigenvalue weighted by molar-refractivity contribution is 6.59. The van der Waals surface area contributed by atoms with Gasteiger partial charge in [-0.3, -0.25) is 4.11 Å². The fourth-order valence-corrected chi connectivity index (χ4v) is 1.15. The second-order valence-corrected chi connectivity index (χ2v) is 3.08. The maximum absolute atomic E-state index is 12.1. The van der Waals surface area contributed by atoms with Crippen LogP contribution in [0, 0.1) is 0 Å². The van der Waals surface area contributed by atoms with E-state index in [0.29, 0.717) is 5.19 Å². The first-order valence-corrected chi connectivity index (χ1v) is 4.21. The first-order chi connectivity index (χ1) is 4.30. The molecule has 0 fully saturated rings. The van der Waals surface area contributed by atoms with Gasteiger partial charge >= 0.3 is 9.37 Å². The van der Waals surface area contributed by atoms with E-state index >= 15 is 0 Å².